The van der Waals surface area contributed by atoms with Gasteiger partial charge in [0.1, 0.15) is 17.5 Å². The lowest BCUT2D eigenvalue weighted by atomic mass is 9.41. The van der Waals surface area contributed by atoms with Crippen molar-refractivity contribution < 1.29 is 52.8 Å². The predicted octanol–water partition coefficient (Wildman–Crippen LogP) is 1.94. The standard InChI is InChI=1S/C29H36O11/c1-13-16-8-9-27(5)23(15-10-19(32)39-24(15)34)38-20(33)12-29(13,27)40-18-11-17(31)26(3,4)22(28(16,18)6)21(25(35)36-7)37-14(2)30/h10,16,18,21-24,34H,1,8-9,11-12H2,2-7H3/t16-,18-,21+,22-,23-,24+,27-,28-,29-/m0/s1. The number of rotatable bonds is 4. The maximum Gasteiger partial charge on any atom is 0.347 e. The molecule has 5 rings (SSSR count). The van der Waals surface area contributed by atoms with E-state index >= 15 is 0 Å². The van der Waals surface area contributed by atoms with Crippen molar-refractivity contribution in [2.45, 2.75) is 90.5 Å². The largest absolute Gasteiger partial charge is 0.466 e. The molecule has 5 aliphatic rings. The Morgan fingerprint density at radius 3 is 2.40 bits per heavy atom. The third kappa shape index (κ3) is 3.59. The van der Waals surface area contributed by atoms with Gasteiger partial charge < -0.3 is 28.8 Å². The summed E-state index contributed by atoms with van der Waals surface area (Å²) in [6.45, 7) is 12.9. The van der Waals surface area contributed by atoms with Crippen molar-refractivity contribution >= 4 is 29.7 Å². The summed E-state index contributed by atoms with van der Waals surface area (Å²) in [4.78, 5) is 64.0. The topological polar surface area (TPSA) is 152 Å². The molecule has 1 N–H and O–H groups in total. The zero-order valence-corrected chi connectivity index (χ0v) is 23.6. The van der Waals surface area contributed by atoms with E-state index in [1.165, 1.54) is 14.0 Å². The molecule has 0 aromatic heterocycles. The van der Waals surface area contributed by atoms with E-state index in [-0.39, 0.29) is 30.1 Å². The second-order valence-electron chi connectivity index (χ2n) is 12.7. The van der Waals surface area contributed by atoms with Gasteiger partial charge >= 0.3 is 23.9 Å². The fraction of sp³-hybridized carbons (Fsp3) is 0.690. The molecule has 11 nitrogen and oxygen atoms in total. The van der Waals surface area contributed by atoms with Gasteiger partial charge in [-0.25, -0.2) is 9.59 Å². The highest BCUT2D eigenvalue weighted by molar-refractivity contribution is 5.89. The summed E-state index contributed by atoms with van der Waals surface area (Å²) in [6.07, 6.45) is -2.84. The number of ether oxygens (including phenoxy) is 5. The number of hydrogen-bond acceptors (Lipinski definition) is 11. The van der Waals surface area contributed by atoms with Crippen molar-refractivity contribution in [2.75, 3.05) is 7.11 Å². The van der Waals surface area contributed by atoms with Gasteiger partial charge in [0.25, 0.3) is 0 Å². The Hall–Kier alpha value is -3.05. The second kappa shape index (κ2) is 8.97. The third-order valence-electron chi connectivity index (χ3n) is 10.5. The Morgan fingerprint density at radius 2 is 1.82 bits per heavy atom. The second-order valence-corrected chi connectivity index (χ2v) is 12.7. The molecule has 2 saturated heterocycles. The number of esters is 4. The molecule has 2 bridgehead atoms. The number of aliphatic hydroxyl groups excluding tert-OH is 1. The van der Waals surface area contributed by atoms with Gasteiger partial charge in [0.2, 0.25) is 12.4 Å². The number of aliphatic hydroxyl groups is 1. The predicted molar refractivity (Wildman–Crippen MR) is 135 cm³/mol. The van der Waals surface area contributed by atoms with Crippen LogP contribution < -0.4 is 0 Å². The van der Waals surface area contributed by atoms with E-state index in [1.807, 2.05) is 13.8 Å². The van der Waals surface area contributed by atoms with Gasteiger partial charge in [-0.3, -0.25) is 14.4 Å². The van der Waals surface area contributed by atoms with E-state index in [4.69, 9.17) is 23.7 Å². The zero-order valence-electron chi connectivity index (χ0n) is 23.6. The molecule has 2 aliphatic carbocycles. The Kier molecular flexibility index (Phi) is 6.39. The average molecular weight is 561 g/mol. The number of carbonyl (C=O) groups is 5. The molecule has 0 aromatic rings. The van der Waals surface area contributed by atoms with Gasteiger partial charge in [0, 0.05) is 47.2 Å². The van der Waals surface area contributed by atoms with E-state index in [0.717, 1.165) is 6.08 Å². The van der Waals surface area contributed by atoms with Gasteiger partial charge in [0.15, 0.2) is 0 Å². The lowest BCUT2D eigenvalue weighted by Crippen LogP contribution is -2.75. The van der Waals surface area contributed by atoms with Gasteiger partial charge in [-0.2, -0.15) is 0 Å². The Bertz CT molecular complexity index is 1250. The highest BCUT2D eigenvalue weighted by Gasteiger charge is 2.75. The van der Waals surface area contributed by atoms with Crippen molar-refractivity contribution in [1.29, 1.82) is 0 Å². The van der Waals surface area contributed by atoms with Crippen molar-refractivity contribution in [3.05, 3.63) is 23.8 Å². The van der Waals surface area contributed by atoms with E-state index in [2.05, 4.69) is 6.58 Å². The van der Waals surface area contributed by atoms with Crippen LogP contribution in [0, 0.1) is 28.1 Å². The summed E-state index contributed by atoms with van der Waals surface area (Å²) in [5, 5.41) is 10.5. The molecule has 9 atom stereocenters. The third-order valence-corrected chi connectivity index (χ3v) is 10.5. The molecule has 3 heterocycles. The maximum atomic E-state index is 13.7. The van der Waals surface area contributed by atoms with E-state index in [9.17, 15) is 29.1 Å². The molecular weight excluding hydrogens is 524 g/mol. The molecule has 40 heavy (non-hydrogen) atoms. The molecular formula is C29H36O11. The Morgan fingerprint density at radius 1 is 1.15 bits per heavy atom. The van der Waals surface area contributed by atoms with Crippen molar-refractivity contribution in [1.82, 2.24) is 0 Å². The Labute approximate surface area is 232 Å². The van der Waals surface area contributed by atoms with Crippen LogP contribution in [-0.2, 0) is 47.7 Å². The molecule has 2 saturated carbocycles. The zero-order chi connectivity index (χ0) is 29.6. The lowest BCUT2D eigenvalue weighted by Gasteiger charge is -2.70. The highest BCUT2D eigenvalue weighted by atomic mass is 16.6. The molecule has 0 unspecified atom stereocenters. The van der Waals surface area contributed by atoms with Crippen LogP contribution in [0.4, 0.5) is 0 Å². The summed E-state index contributed by atoms with van der Waals surface area (Å²) in [7, 11) is 1.20. The van der Waals surface area contributed by atoms with Crippen LogP contribution in [0.2, 0.25) is 0 Å². The van der Waals surface area contributed by atoms with E-state index in [0.29, 0.717) is 18.4 Å². The van der Waals surface area contributed by atoms with Crippen LogP contribution >= 0.6 is 0 Å². The van der Waals surface area contributed by atoms with Gasteiger partial charge in [0.05, 0.1) is 19.6 Å². The van der Waals surface area contributed by atoms with Crippen molar-refractivity contribution in [3.8, 4) is 0 Å². The average Bonchev–Trinajstić information content (AvgIpc) is 3.19. The minimum absolute atomic E-state index is 0.00219. The molecule has 4 fully saturated rings. The first-order valence-electron chi connectivity index (χ1n) is 13.5. The lowest BCUT2D eigenvalue weighted by molar-refractivity contribution is -0.300. The number of Topliss-reactive ketones (excluding diaryl/α,β-unsaturated/α-hetero) is 1. The van der Waals surface area contributed by atoms with Crippen LogP contribution in [0.15, 0.2) is 23.8 Å². The number of carbonyl (C=O) groups excluding carboxylic acids is 5. The summed E-state index contributed by atoms with van der Waals surface area (Å²) in [5.41, 5.74) is -3.54. The first kappa shape index (κ1) is 28.5. The number of hydrogen-bond donors (Lipinski definition) is 1. The molecule has 1 spiro atoms. The monoisotopic (exact) mass is 560 g/mol. The summed E-state index contributed by atoms with van der Waals surface area (Å²) in [5.74, 6) is -4.17. The number of methoxy groups -OCH3 is 1. The van der Waals surface area contributed by atoms with Crippen molar-refractivity contribution in [3.63, 3.8) is 0 Å². The molecule has 11 heteroatoms. The van der Waals surface area contributed by atoms with Crippen LogP contribution in [0.1, 0.15) is 60.3 Å². The highest BCUT2D eigenvalue weighted by Crippen LogP contribution is 2.70. The fourth-order valence-electron chi connectivity index (χ4n) is 8.54. The molecule has 3 aliphatic heterocycles. The smallest absolute Gasteiger partial charge is 0.347 e. The molecule has 0 radical (unpaired) electrons. The van der Waals surface area contributed by atoms with E-state index in [1.54, 1.807) is 13.8 Å². The molecule has 0 amide bonds. The minimum atomic E-state index is -1.57. The quantitative estimate of drug-likeness (QED) is 0.305. The summed E-state index contributed by atoms with van der Waals surface area (Å²) in [6, 6.07) is 0. The van der Waals surface area contributed by atoms with Crippen LogP contribution in [0.5, 0.6) is 0 Å². The van der Waals surface area contributed by atoms with Crippen molar-refractivity contribution in [2.24, 2.45) is 28.1 Å². The summed E-state index contributed by atoms with van der Waals surface area (Å²) < 4.78 is 28.2. The first-order valence-corrected chi connectivity index (χ1v) is 13.5. The normalized spacial score (nSPS) is 42.5. The number of cyclic esters (lactones) is 2. The maximum absolute atomic E-state index is 13.7. The van der Waals surface area contributed by atoms with Crippen LogP contribution in [0.25, 0.3) is 0 Å². The molecule has 0 aromatic carbocycles. The first-order chi connectivity index (χ1) is 18.5. The SMILES string of the molecule is C=C1[C@@H]2CC[C@@]3(C)[C@H](C4=CC(=O)O[C@H]4O)OC(=O)C[C@]13O[C@H]1CC(=O)C(C)(C)[C@H]([C@@H](OC(C)=O)C(=O)OC)[C@]12C. The molecule has 218 valence electrons. The Balaban J connectivity index is 1.65. The number of ketones is 1. The van der Waals surface area contributed by atoms with E-state index < -0.39 is 76.2 Å². The summed E-state index contributed by atoms with van der Waals surface area (Å²) >= 11 is 0. The minimum Gasteiger partial charge on any atom is -0.466 e. The van der Waals surface area contributed by atoms with Crippen LogP contribution in [-0.4, -0.2) is 72.1 Å². The fourth-order valence-corrected chi connectivity index (χ4v) is 8.54. The van der Waals surface area contributed by atoms with Gasteiger partial charge in [-0.05, 0) is 24.3 Å². The van der Waals surface area contributed by atoms with Crippen LogP contribution in [0.3, 0.4) is 0 Å². The number of fused-ring (bicyclic) bond motifs is 3. The van der Waals surface area contributed by atoms with Gasteiger partial charge in [-0.1, -0.05) is 34.3 Å². The van der Waals surface area contributed by atoms with Gasteiger partial charge in [-0.15, -0.1) is 0 Å².